The Morgan fingerprint density at radius 3 is 2.52 bits per heavy atom. The summed E-state index contributed by atoms with van der Waals surface area (Å²) in [4.78, 5) is 38.0. The van der Waals surface area contributed by atoms with Crippen molar-refractivity contribution in [3.05, 3.63) is 50.7 Å². The molecular formula is C30H41ClO7SSi. The van der Waals surface area contributed by atoms with Crippen LogP contribution >= 0.6 is 22.9 Å². The van der Waals surface area contributed by atoms with Crippen molar-refractivity contribution in [1.82, 2.24) is 0 Å². The van der Waals surface area contributed by atoms with E-state index in [1.807, 2.05) is 6.07 Å². The van der Waals surface area contributed by atoms with Crippen molar-refractivity contribution in [2.45, 2.75) is 84.2 Å². The molecule has 0 N–H and O–H groups in total. The van der Waals surface area contributed by atoms with Gasteiger partial charge in [-0.15, -0.1) is 11.3 Å². The SMILES string of the molecule is COC(=O)c1ccc(CCC[C@H]2C(=O)CC(O[Si](C)(C)C(C)(C)C)[C@@H]2COc2cc(Cl)cc(COC(C)=O)c2)s1. The Morgan fingerprint density at radius 2 is 1.88 bits per heavy atom. The molecule has 7 nitrogen and oxygen atoms in total. The average molecular weight is 609 g/mol. The molecule has 40 heavy (non-hydrogen) atoms. The van der Waals surface area contributed by atoms with Gasteiger partial charge in [0.1, 0.15) is 23.0 Å². The molecule has 1 heterocycles. The van der Waals surface area contributed by atoms with E-state index in [2.05, 4.69) is 33.9 Å². The Balaban J connectivity index is 1.75. The number of carbonyl (C=O) groups is 3. The van der Waals surface area contributed by atoms with Crippen LogP contribution < -0.4 is 4.74 Å². The molecule has 220 valence electrons. The van der Waals surface area contributed by atoms with Crippen molar-refractivity contribution in [2.75, 3.05) is 13.7 Å². The normalized spacial score (nSPS) is 19.5. The van der Waals surface area contributed by atoms with E-state index in [0.29, 0.717) is 35.1 Å². The van der Waals surface area contributed by atoms with Gasteiger partial charge in [-0.05, 0) is 73.3 Å². The number of methoxy groups -OCH3 is 1. The summed E-state index contributed by atoms with van der Waals surface area (Å²) in [5.41, 5.74) is 0.730. The number of esters is 2. The average Bonchev–Trinajstić information content (AvgIpc) is 3.44. The van der Waals surface area contributed by atoms with Crippen molar-refractivity contribution in [1.29, 1.82) is 0 Å². The Morgan fingerprint density at radius 1 is 1.15 bits per heavy atom. The highest BCUT2D eigenvalue weighted by Gasteiger charge is 2.48. The first-order valence-electron chi connectivity index (χ1n) is 13.6. The molecule has 0 saturated heterocycles. The van der Waals surface area contributed by atoms with E-state index >= 15 is 0 Å². The Kier molecular flexibility index (Phi) is 11.0. The van der Waals surface area contributed by atoms with Gasteiger partial charge in [0.15, 0.2) is 8.32 Å². The summed E-state index contributed by atoms with van der Waals surface area (Å²) in [6.07, 6.45) is 2.46. The number of aryl methyl sites for hydroxylation is 1. The lowest BCUT2D eigenvalue weighted by Crippen LogP contribution is -2.46. The van der Waals surface area contributed by atoms with Crippen LogP contribution in [0.3, 0.4) is 0 Å². The minimum atomic E-state index is -2.13. The van der Waals surface area contributed by atoms with E-state index in [9.17, 15) is 14.4 Å². The first-order chi connectivity index (χ1) is 18.7. The van der Waals surface area contributed by atoms with Crippen molar-refractivity contribution in [3.63, 3.8) is 0 Å². The molecule has 1 fully saturated rings. The summed E-state index contributed by atoms with van der Waals surface area (Å²) in [7, 11) is -0.757. The number of carbonyl (C=O) groups excluding carboxylic acids is 3. The van der Waals surface area contributed by atoms with Gasteiger partial charge in [-0.25, -0.2) is 4.79 Å². The number of hydrogen-bond donors (Lipinski definition) is 0. The van der Waals surface area contributed by atoms with Crippen molar-refractivity contribution in [2.24, 2.45) is 11.8 Å². The van der Waals surface area contributed by atoms with Gasteiger partial charge in [-0.2, -0.15) is 0 Å². The molecule has 1 aliphatic rings. The zero-order valence-electron chi connectivity index (χ0n) is 24.5. The molecule has 1 aromatic heterocycles. The molecule has 0 spiro atoms. The molecule has 0 radical (unpaired) electrons. The minimum absolute atomic E-state index is 0.00856. The number of ketones is 1. The molecule has 0 amide bonds. The minimum Gasteiger partial charge on any atom is -0.493 e. The van der Waals surface area contributed by atoms with Crippen molar-refractivity contribution < 1.29 is 33.0 Å². The number of halogens is 1. The summed E-state index contributed by atoms with van der Waals surface area (Å²) < 4.78 is 23.0. The number of thiophene rings is 1. The van der Waals surface area contributed by atoms with E-state index < -0.39 is 8.32 Å². The number of ether oxygens (including phenoxy) is 3. The standard InChI is InChI=1S/C30H41ClO7SSi/c1-19(32)36-17-20-13-21(31)15-22(14-20)37-18-25-24(10-8-9-23-11-12-28(39-23)29(34)35-5)26(33)16-27(25)38-40(6,7)30(2,3)4/h11-15,24-25,27H,8-10,16-18H2,1-7H3/t24-,25-,27?/m1/s1. The predicted molar refractivity (Wildman–Crippen MR) is 160 cm³/mol. The molecule has 3 rings (SSSR count). The summed E-state index contributed by atoms with van der Waals surface area (Å²) >= 11 is 7.74. The lowest BCUT2D eigenvalue weighted by Gasteiger charge is -2.40. The van der Waals surface area contributed by atoms with Gasteiger partial charge in [0.05, 0.1) is 19.8 Å². The maximum atomic E-state index is 13.3. The zero-order chi connectivity index (χ0) is 29.7. The maximum absolute atomic E-state index is 13.3. The lowest BCUT2D eigenvalue weighted by molar-refractivity contribution is -0.142. The lowest BCUT2D eigenvalue weighted by atomic mass is 9.90. The highest BCUT2D eigenvalue weighted by molar-refractivity contribution is 7.13. The molecule has 0 aliphatic heterocycles. The van der Waals surface area contributed by atoms with Gasteiger partial charge in [-0.3, -0.25) is 9.59 Å². The van der Waals surface area contributed by atoms with Crippen molar-refractivity contribution >= 4 is 49.0 Å². The summed E-state index contributed by atoms with van der Waals surface area (Å²) in [6, 6.07) is 9.00. The van der Waals surface area contributed by atoms with Crippen LogP contribution in [0.1, 0.15) is 67.1 Å². The van der Waals surface area contributed by atoms with Gasteiger partial charge in [0.25, 0.3) is 0 Å². The fourth-order valence-corrected chi connectivity index (χ4v) is 7.25. The monoisotopic (exact) mass is 608 g/mol. The van der Waals surface area contributed by atoms with Gasteiger partial charge in [-0.1, -0.05) is 32.4 Å². The van der Waals surface area contributed by atoms with Crippen LogP contribution in [0.5, 0.6) is 5.75 Å². The fourth-order valence-electron chi connectivity index (χ4n) is 4.67. The maximum Gasteiger partial charge on any atom is 0.348 e. The fraction of sp³-hybridized carbons (Fsp3) is 0.567. The third-order valence-corrected chi connectivity index (χ3v) is 13.7. The molecule has 1 unspecified atom stereocenters. The summed E-state index contributed by atoms with van der Waals surface area (Å²) in [5, 5.41) is 0.490. The van der Waals surface area contributed by atoms with E-state index in [0.717, 1.165) is 23.3 Å². The van der Waals surface area contributed by atoms with E-state index in [1.165, 1.54) is 25.4 Å². The second-order valence-corrected chi connectivity index (χ2v) is 18.3. The van der Waals surface area contributed by atoms with Crippen LogP contribution in [0.25, 0.3) is 0 Å². The molecule has 1 aromatic carbocycles. The summed E-state index contributed by atoms with van der Waals surface area (Å²) in [6.45, 7) is 12.8. The van der Waals surface area contributed by atoms with Crippen molar-refractivity contribution in [3.8, 4) is 5.75 Å². The molecule has 10 heteroatoms. The van der Waals surface area contributed by atoms with E-state index in [4.69, 9.17) is 30.2 Å². The van der Waals surface area contributed by atoms with E-state index in [-0.39, 0.29) is 47.3 Å². The second-order valence-electron chi connectivity index (χ2n) is 11.9. The Labute approximate surface area is 247 Å². The number of benzene rings is 1. The molecule has 1 aliphatic carbocycles. The van der Waals surface area contributed by atoms with Gasteiger partial charge < -0.3 is 18.6 Å². The number of Topliss-reactive ketones (excluding diaryl/α,β-unsaturated/α-hetero) is 1. The van der Waals surface area contributed by atoms with Crippen LogP contribution in [-0.2, 0) is 36.5 Å². The third kappa shape index (κ3) is 8.65. The molecule has 3 atom stereocenters. The topological polar surface area (TPSA) is 88.1 Å². The smallest absolute Gasteiger partial charge is 0.348 e. The second kappa shape index (κ2) is 13.6. The van der Waals surface area contributed by atoms with E-state index in [1.54, 1.807) is 24.3 Å². The van der Waals surface area contributed by atoms with Crippen LogP contribution in [0.4, 0.5) is 0 Å². The third-order valence-electron chi connectivity index (χ3n) is 7.86. The first-order valence-corrected chi connectivity index (χ1v) is 17.7. The Bertz CT molecular complexity index is 1200. The number of rotatable bonds is 12. The largest absolute Gasteiger partial charge is 0.493 e. The predicted octanol–water partition coefficient (Wildman–Crippen LogP) is 7.25. The van der Waals surface area contributed by atoms with Gasteiger partial charge in [0, 0.05) is 35.1 Å². The highest BCUT2D eigenvalue weighted by Crippen LogP contribution is 2.43. The number of hydrogen-bond acceptors (Lipinski definition) is 8. The summed E-state index contributed by atoms with van der Waals surface area (Å²) in [5.74, 6) is -0.222. The van der Waals surface area contributed by atoms with Crippen LogP contribution in [0.15, 0.2) is 30.3 Å². The zero-order valence-corrected chi connectivity index (χ0v) is 27.1. The quantitative estimate of drug-likeness (QED) is 0.185. The Hall–Kier alpha value is -2.20. The van der Waals surface area contributed by atoms with Crippen LogP contribution in [0, 0.1) is 11.8 Å². The first kappa shape index (κ1) is 32.3. The highest BCUT2D eigenvalue weighted by atomic mass is 35.5. The van der Waals surface area contributed by atoms with Crippen LogP contribution in [0.2, 0.25) is 23.2 Å². The van der Waals surface area contributed by atoms with Gasteiger partial charge >= 0.3 is 11.9 Å². The van der Waals surface area contributed by atoms with Crippen LogP contribution in [-0.4, -0.2) is 45.9 Å². The molecular weight excluding hydrogens is 568 g/mol. The molecule has 2 aromatic rings. The van der Waals surface area contributed by atoms with Gasteiger partial charge in [0.2, 0.25) is 0 Å². The molecule has 0 bridgehead atoms. The molecule has 1 saturated carbocycles.